The van der Waals surface area contributed by atoms with Crippen molar-refractivity contribution >= 4 is 54.5 Å². The molecule has 0 saturated carbocycles. The number of nitrogens with zero attached hydrogens (tertiary/aromatic N) is 4. The zero-order valence-electron chi connectivity index (χ0n) is 21.8. The summed E-state index contributed by atoms with van der Waals surface area (Å²) in [4.78, 5) is 18.4. The highest BCUT2D eigenvalue weighted by Gasteiger charge is 2.25. The van der Waals surface area contributed by atoms with Gasteiger partial charge in [0, 0.05) is 12.1 Å². The molecule has 1 amide bonds. The van der Waals surface area contributed by atoms with Gasteiger partial charge in [0.15, 0.2) is 0 Å². The Kier molecular flexibility index (Phi) is 7.90. The first-order valence-corrected chi connectivity index (χ1v) is 14.7. The maximum Gasteiger partial charge on any atom is 0.280 e. The minimum Gasteiger partial charge on any atom is -0.497 e. The predicted molar refractivity (Wildman–Crippen MR) is 160 cm³/mol. The molecule has 202 valence electrons. The molecule has 40 heavy (non-hydrogen) atoms. The van der Waals surface area contributed by atoms with E-state index in [1.54, 1.807) is 50.6 Å². The first-order valence-electron chi connectivity index (χ1n) is 12.5. The molecule has 0 saturated heterocycles. The maximum absolute atomic E-state index is 13.7. The molecule has 0 spiro atoms. The van der Waals surface area contributed by atoms with Crippen molar-refractivity contribution < 1.29 is 17.9 Å². The lowest BCUT2D eigenvalue weighted by Gasteiger charge is -2.23. The number of hydrazone groups is 1. The van der Waals surface area contributed by atoms with Gasteiger partial charge in [-0.05, 0) is 67.1 Å². The van der Waals surface area contributed by atoms with E-state index in [2.05, 4.69) is 10.1 Å². The van der Waals surface area contributed by atoms with Crippen LogP contribution in [0.25, 0.3) is 10.2 Å². The summed E-state index contributed by atoms with van der Waals surface area (Å²) >= 11 is 1.30. The van der Waals surface area contributed by atoms with Crippen LogP contribution in [0.4, 0.5) is 10.8 Å². The number of ether oxygens (including phenoxy) is 1. The molecule has 5 aromatic rings. The Hall–Kier alpha value is -4.54. The Morgan fingerprint density at radius 1 is 0.950 bits per heavy atom. The molecular formula is C30H26N4O4S2. The summed E-state index contributed by atoms with van der Waals surface area (Å²) < 4.78 is 34.3. The Bertz CT molecular complexity index is 1750. The molecule has 0 aliphatic rings. The largest absolute Gasteiger partial charge is 0.497 e. The van der Waals surface area contributed by atoms with Crippen LogP contribution in [0, 0.1) is 0 Å². The van der Waals surface area contributed by atoms with Crippen molar-refractivity contribution in [3.8, 4) is 5.75 Å². The van der Waals surface area contributed by atoms with Crippen LogP contribution in [0.1, 0.15) is 22.8 Å². The van der Waals surface area contributed by atoms with Crippen LogP contribution in [-0.4, -0.2) is 39.2 Å². The number of amides is 1. The van der Waals surface area contributed by atoms with Crippen molar-refractivity contribution in [2.24, 2.45) is 5.10 Å². The summed E-state index contributed by atoms with van der Waals surface area (Å²) in [6.45, 7) is 2.04. The number of thiazole rings is 1. The van der Waals surface area contributed by atoms with E-state index in [4.69, 9.17) is 4.74 Å². The third-order valence-electron chi connectivity index (χ3n) is 6.10. The number of anilines is 2. The molecule has 10 heteroatoms. The minimum atomic E-state index is -3.83. The fourth-order valence-corrected chi connectivity index (χ4v) is 6.49. The second kappa shape index (κ2) is 11.7. The first kappa shape index (κ1) is 27.0. The number of methoxy groups -OCH3 is 1. The number of sulfonamides is 1. The van der Waals surface area contributed by atoms with Gasteiger partial charge in [-0.15, -0.1) is 0 Å². The summed E-state index contributed by atoms with van der Waals surface area (Å²) in [5, 5.41) is 6.09. The van der Waals surface area contributed by atoms with Crippen LogP contribution in [0.15, 0.2) is 113 Å². The average molecular weight is 571 g/mol. The van der Waals surface area contributed by atoms with Crippen molar-refractivity contribution in [2.45, 2.75) is 11.8 Å². The molecule has 0 aliphatic carbocycles. The van der Waals surface area contributed by atoms with Crippen molar-refractivity contribution in [2.75, 3.05) is 23.0 Å². The van der Waals surface area contributed by atoms with Crippen LogP contribution in [-0.2, 0) is 10.0 Å². The molecule has 8 nitrogen and oxygen atoms in total. The minimum absolute atomic E-state index is 0.0844. The second-order valence-electron chi connectivity index (χ2n) is 8.63. The van der Waals surface area contributed by atoms with Crippen molar-refractivity contribution in [3.05, 3.63) is 114 Å². The molecule has 5 rings (SSSR count). The monoisotopic (exact) mass is 570 g/mol. The van der Waals surface area contributed by atoms with Gasteiger partial charge in [0.05, 0.1) is 34.1 Å². The van der Waals surface area contributed by atoms with Gasteiger partial charge in [-0.3, -0.25) is 9.10 Å². The Morgan fingerprint density at radius 3 is 2.27 bits per heavy atom. The van der Waals surface area contributed by atoms with Gasteiger partial charge in [0.2, 0.25) is 5.13 Å². The number of benzene rings is 4. The van der Waals surface area contributed by atoms with Crippen LogP contribution in [0.5, 0.6) is 5.75 Å². The molecule has 0 aliphatic heterocycles. The fourth-order valence-electron chi connectivity index (χ4n) is 4.07. The molecule has 0 bridgehead atoms. The molecule has 1 heterocycles. The Balaban J connectivity index is 1.49. The van der Waals surface area contributed by atoms with Crippen molar-refractivity contribution in [1.82, 2.24) is 4.98 Å². The van der Waals surface area contributed by atoms with Gasteiger partial charge in [-0.2, -0.15) is 10.1 Å². The van der Waals surface area contributed by atoms with E-state index in [9.17, 15) is 13.2 Å². The Labute approximate surface area is 236 Å². The highest BCUT2D eigenvalue weighted by atomic mass is 32.2. The van der Waals surface area contributed by atoms with Gasteiger partial charge in [-0.1, -0.05) is 59.9 Å². The summed E-state index contributed by atoms with van der Waals surface area (Å²) in [5.41, 5.74) is 2.35. The summed E-state index contributed by atoms with van der Waals surface area (Å²) in [6, 6.07) is 29.7. The van der Waals surface area contributed by atoms with Crippen LogP contribution < -0.4 is 14.1 Å². The molecule has 0 radical (unpaired) electrons. The van der Waals surface area contributed by atoms with Gasteiger partial charge < -0.3 is 4.74 Å². The number of hydrogen-bond donors (Lipinski definition) is 0. The van der Waals surface area contributed by atoms with E-state index < -0.39 is 15.9 Å². The van der Waals surface area contributed by atoms with E-state index in [0.29, 0.717) is 22.1 Å². The number of para-hydroxylation sites is 1. The van der Waals surface area contributed by atoms with Gasteiger partial charge in [0.25, 0.3) is 15.9 Å². The molecule has 4 aromatic carbocycles. The van der Waals surface area contributed by atoms with Gasteiger partial charge in [0.1, 0.15) is 5.75 Å². The molecule has 1 aromatic heterocycles. The zero-order chi connectivity index (χ0) is 28.1. The standard InChI is InChI=1S/C30H26N4O4S2/c1-3-33(24-12-8-5-9-13-24)40(36,37)26-17-14-23(15-18-26)29(35)34(31-21-22-10-6-4-7-11-22)30-32-27-19-16-25(38-2)20-28(27)39-30/h4-21H,3H2,1-2H3/b31-21+. The lowest BCUT2D eigenvalue weighted by atomic mass is 10.2. The normalized spacial score (nSPS) is 11.6. The van der Waals surface area contributed by atoms with Gasteiger partial charge >= 0.3 is 0 Å². The predicted octanol–water partition coefficient (Wildman–Crippen LogP) is 6.20. The zero-order valence-corrected chi connectivity index (χ0v) is 23.5. The van der Waals surface area contributed by atoms with Crippen molar-refractivity contribution in [1.29, 1.82) is 0 Å². The average Bonchev–Trinajstić information content (AvgIpc) is 3.41. The topological polar surface area (TPSA) is 92.2 Å². The number of aromatic nitrogens is 1. The molecule has 0 unspecified atom stereocenters. The SMILES string of the molecule is CCN(c1ccccc1)S(=O)(=O)c1ccc(C(=O)N(/N=C/c2ccccc2)c2nc3ccc(OC)cc3s2)cc1. The van der Waals surface area contributed by atoms with Crippen LogP contribution >= 0.6 is 11.3 Å². The maximum atomic E-state index is 13.7. The van der Waals surface area contributed by atoms with E-state index in [1.165, 1.54) is 44.9 Å². The van der Waals surface area contributed by atoms with E-state index in [1.807, 2.05) is 48.5 Å². The van der Waals surface area contributed by atoms with E-state index in [-0.39, 0.29) is 17.0 Å². The second-order valence-corrected chi connectivity index (χ2v) is 11.5. The summed E-state index contributed by atoms with van der Waals surface area (Å²) in [7, 11) is -2.24. The fraction of sp³-hybridized carbons (Fsp3) is 0.100. The van der Waals surface area contributed by atoms with Gasteiger partial charge in [-0.25, -0.2) is 13.4 Å². The Morgan fingerprint density at radius 2 is 1.62 bits per heavy atom. The summed E-state index contributed by atoms with van der Waals surface area (Å²) in [6.07, 6.45) is 1.59. The smallest absolute Gasteiger partial charge is 0.280 e. The highest BCUT2D eigenvalue weighted by Crippen LogP contribution is 2.33. The number of rotatable bonds is 9. The van der Waals surface area contributed by atoms with Crippen molar-refractivity contribution in [3.63, 3.8) is 0 Å². The molecule has 0 atom stereocenters. The van der Waals surface area contributed by atoms with E-state index >= 15 is 0 Å². The molecule has 0 fully saturated rings. The lowest BCUT2D eigenvalue weighted by molar-refractivity contribution is 0.0987. The number of carbonyl (C=O) groups is 1. The molecule has 0 N–H and O–H groups in total. The third-order valence-corrected chi connectivity index (χ3v) is 9.01. The van der Waals surface area contributed by atoms with Crippen LogP contribution in [0.3, 0.4) is 0 Å². The lowest BCUT2D eigenvalue weighted by Crippen LogP contribution is -2.31. The van der Waals surface area contributed by atoms with E-state index in [0.717, 1.165) is 10.3 Å². The highest BCUT2D eigenvalue weighted by molar-refractivity contribution is 7.92. The molecular weight excluding hydrogens is 544 g/mol. The quantitative estimate of drug-likeness (QED) is 0.155. The number of hydrogen-bond acceptors (Lipinski definition) is 7. The number of carbonyl (C=O) groups excluding carboxylic acids is 1. The first-order chi connectivity index (χ1) is 19.4. The number of fused-ring (bicyclic) bond motifs is 1. The summed E-state index contributed by atoms with van der Waals surface area (Å²) in [5.74, 6) is 0.236. The van der Waals surface area contributed by atoms with Crippen LogP contribution in [0.2, 0.25) is 0 Å². The third kappa shape index (κ3) is 5.58.